The number of aliphatic carboxylic acids is 1. The minimum atomic E-state index is -2.92. The van der Waals surface area contributed by atoms with Gasteiger partial charge in [0.1, 0.15) is 11.7 Å². The molecule has 3 amide bonds. The minimum absolute atomic E-state index is 0.0193. The number of carbonyl (C=O) groups excluding carboxylic acids is 4. The molecule has 0 bridgehead atoms. The van der Waals surface area contributed by atoms with Crippen LogP contribution in [0.3, 0.4) is 0 Å². The lowest BCUT2D eigenvalue weighted by atomic mass is 9.74. The second kappa shape index (κ2) is 9.21. The van der Waals surface area contributed by atoms with Gasteiger partial charge < -0.3 is 30.9 Å². The van der Waals surface area contributed by atoms with E-state index in [4.69, 9.17) is 10.5 Å². The summed E-state index contributed by atoms with van der Waals surface area (Å²) in [5.74, 6) is -11.2. The number of cyclic esters (lactones) is 1. The zero-order chi connectivity index (χ0) is 27.2. The molecule has 38 heavy (non-hydrogen) atoms. The van der Waals surface area contributed by atoms with Crippen LogP contribution in [0.25, 0.3) is 10.8 Å². The number of aliphatic hydroxyl groups is 1. The fourth-order valence-corrected chi connectivity index (χ4v) is 5.97. The van der Waals surface area contributed by atoms with Crippen LogP contribution in [0.2, 0.25) is 0 Å². The van der Waals surface area contributed by atoms with E-state index in [1.165, 1.54) is 6.20 Å². The van der Waals surface area contributed by atoms with Gasteiger partial charge in [0.25, 0.3) is 11.7 Å². The number of nitrogens with two attached hydrogens (primary N) is 1. The number of anilines is 1. The number of amides is 3. The van der Waals surface area contributed by atoms with Crippen LogP contribution < -0.4 is 11.1 Å². The van der Waals surface area contributed by atoms with Gasteiger partial charge >= 0.3 is 11.9 Å². The number of rotatable bonds is 5. The van der Waals surface area contributed by atoms with E-state index in [0.29, 0.717) is 5.39 Å². The van der Waals surface area contributed by atoms with Crippen LogP contribution in [-0.2, 0) is 28.7 Å². The van der Waals surface area contributed by atoms with Gasteiger partial charge in [-0.05, 0) is 37.1 Å². The maximum Gasteiger partial charge on any atom is 0.330 e. The van der Waals surface area contributed by atoms with Crippen LogP contribution in [0.5, 0.6) is 0 Å². The number of pyridine rings is 1. The number of carbonyl (C=O) groups is 5. The SMILES string of the molecule is NC(=O)C1(O)OC(=O)CC1C1(C(=O)O)CCC2CC=CCC(C(=O)Nc3nccc4ccccc34)C(=O)N21. The van der Waals surface area contributed by atoms with Crippen molar-refractivity contribution in [3.63, 3.8) is 0 Å². The maximum atomic E-state index is 14.0. The number of carboxylic acids is 1. The summed E-state index contributed by atoms with van der Waals surface area (Å²) in [6.07, 6.45) is 4.61. The predicted octanol–water partition coefficient (Wildman–Crippen LogP) is 0.691. The van der Waals surface area contributed by atoms with E-state index >= 15 is 0 Å². The van der Waals surface area contributed by atoms with E-state index < -0.39 is 65.3 Å². The molecule has 0 radical (unpaired) electrons. The van der Waals surface area contributed by atoms with Crippen molar-refractivity contribution in [2.75, 3.05) is 5.32 Å². The number of aromatic nitrogens is 1. The van der Waals surface area contributed by atoms with Gasteiger partial charge in [-0.2, -0.15) is 0 Å². The van der Waals surface area contributed by atoms with Crippen molar-refractivity contribution in [1.29, 1.82) is 0 Å². The van der Waals surface area contributed by atoms with Crippen molar-refractivity contribution in [2.24, 2.45) is 17.6 Å². The maximum absolute atomic E-state index is 14.0. The molecule has 5 atom stereocenters. The summed E-state index contributed by atoms with van der Waals surface area (Å²) < 4.78 is 4.81. The number of esters is 1. The van der Waals surface area contributed by atoms with E-state index in [2.05, 4.69) is 10.3 Å². The van der Waals surface area contributed by atoms with Gasteiger partial charge in [-0.15, -0.1) is 0 Å². The lowest BCUT2D eigenvalue weighted by Gasteiger charge is -2.45. The van der Waals surface area contributed by atoms with Crippen LogP contribution >= 0.6 is 0 Å². The molecule has 198 valence electrons. The summed E-state index contributed by atoms with van der Waals surface area (Å²) in [6, 6.07) is 8.35. The number of ether oxygens (including phenoxy) is 1. The molecule has 2 saturated heterocycles. The first-order valence-electron chi connectivity index (χ1n) is 12.2. The Kier molecular flexibility index (Phi) is 6.14. The van der Waals surface area contributed by atoms with Crippen LogP contribution in [-0.4, -0.2) is 67.1 Å². The largest absolute Gasteiger partial charge is 0.479 e. The highest BCUT2D eigenvalue weighted by Crippen LogP contribution is 2.50. The normalized spacial score (nSPS) is 30.9. The third-order valence-electron chi connectivity index (χ3n) is 7.78. The van der Waals surface area contributed by atoms with Gasteiger partial charge in [0.05, 0.1) is 12.3 Å². The Labute approximate surface area is 216 Å². The first kappa shape index (κ1) is 25.3. The fourth-order valence-electron chi connectivity index (χ4n) is 5.97. The second-order valence-corrected chi connectivity index (χ2v) is 9.79. The van der Waals surface area contributed by atoms with Gasteiger partial charge in [0.15, 0.2) is 5.54 Å². The van der Waals surface area contributed by atoms with Crippen molar-refractivity contribution in [2.45, 2.75) is 49.5 Å². The van der Waals surface area contributed by atoms with Gasteiger partial charge in [-0.1, -0.05) is 36.4 Å². The van der Waals surface area contributed by atoms with E-state index in [1.807, 2.05) is 12.1 Å². The molecular weight excluding hydrogens is 496 g/mol. The second-order valence-electron chi connectivity index (χ2n) is 9.79. The number of nitrogens with zero attached hydrogens (tertiary/aromatic N) is 2. The molecule has 2 fully saturated rings. The molecule has 0 aliphatic carbocycles. The number of hydrogen-bond acceptors (Lipinski definition) is 8. The number of benzene rings is 1. The Morgan fingerprint density at radius 2 is 1.87 bits per heavy atom. The van der Waals surface area contributed by atoms with E-state index in [9.17, 15) is 34.2 Å². The third-order valence-corrected chi connectivity index (χ3v) is 7.78. The summed E-state index contributed by atoms with van der Waals surface area (Å²) >= 11 is 0. The average molecular weight is 523 g/mol. The summed E-state index contributed by atoms with van der Waals surface area (Å²) in [5, 5.41) is 25.6. The zero-order valence-electron chi connectivity index (χ0n) is 20.2. The Morgan fingerprint density at radius 1 is 1.13 bits per heavy atom. The summed E-state index contributed by atoms with van der Waals surface area (Å²) in [6.45, 7) is 0. The molecule has 5 unspecified atom stereocenters. The predicted molar refractivity (Wildman–Crippen MR) is 131 cm³/mol. The molecule has 0 saturated carbocycles. The fraction of sp³-hybridized carbons (Fsp3) is 0.385. The lowest BCUT2D eigenvalue weighted by Crippen LogP contribution is -2.67. The van der Waals surface area contributed by atoms with Gasteiger partial charge in [-0.3, -0.25) is 19.2 Å². The molecule has 12 nitrogen and oxygen atoms in total. The molecule has 5 rings (SSSR count). The highest BCUT2D eigenvalue weighted by atomic mass is 16.7. The molecule has 0 spiro atoms. The van der Waals surface area contributed by atoms with Crippen molar-refractivity contribution in [1.82, 2.24) is 9.88 Å². The number of carboxylic acid groups (broad SMARTS) is 1. The summed E-state index contributed by atoms with van der Waals surface area (Å²) in [4.78, 5) is 70.0. The Morgan fingerprint density at radius 3 is 2.61 bits per heavy atom. The highest BCUT2D eigenvalue weighted by molar-refractivity contribution is 6.10. The molecule has 5 N–H and O–H groups in total. The standard InChI is InChI=1S/C26H26N4O8/c27-23(34)26(37)18(13-19(31)38-26)25(24(35)36)11-9-15-6-2-4-8-17(22(33)30(15)25)21(32)29-20-16-7-3-1-5-14(16)10-12-28-20/h1-5,7,10,12,15,17-18,37H,6,8-9,11,13H2,(H2,27,34)(H,35,36)(H,28,29,32). The molecule has 1 aromatic heterocycles. The third kappa shape index (κ3) is 3.79. The smallest absolute Gasteiger partial charge is 0.330 e. The topological polar surface area (TPSA) is 189 Å². The van der Waals surface area contributed by atoms with E-state index in [0.717, 1.165) is 10.3 Å². The zero-order valence-corrected chi connectivity index (χ0v) is 20.2. The molecular formula is C26H26N4O8. The average Bonchev–Trinajstić information content (AvgIpc) is 3.40. The van der Waals surface area contributed by atoms with Crippen molar-refractivity contribution >= 4 is 46.3 Å². The van der Waals surface area contributed by atoms with Crippen molar-refractivity contribution < 1.29 is 38.9 Å². The highest BCUT2D eigenvalue weighted by Gasteiger charge is 2.70. The summed E-state index contributed by atoms with van der Waals surface area (Å²) in [5.41, 5.74) is 3.12. The van der Waals surface area contributed by atoms with Crippen molar-refractivity contribution in [3.8, 4) is 0 Å². The lowest BCUT2D eigenvalue weighted by molar-refractivity contribution is -0.218. The number of hydrogen-bond donors (Lipinski definition) is 4. The molecule has 12 heteroatoms. The van der Waals surface area contributed by atoms with Crippen LogP contribution in [0, 0.1) is 11.8 Å². The number of allylic oxidation sites excluding steroid dienone is 1. The Balaban J connectivity index is 1.54. The van der Waals surface area contributed by atoms with Crippen LogP contribution in [0.4, 0.5) is 5.82 Å². The van der Waals surface area contributed by atoms with E-state index in [1.54, 1.807) is 30.4 Å². The van der Waals surface area contributed by atoms with Gasteiger partial charge in [-0.25, -0.2) is 9.78 Å². The van der Waals surface area contributed by atoms with Gasteiger partial charge in [0.2, 0.25) is 11.8 Å². The molecule has 4 heterocycles. The number of nitrogens with one attached hydrogen (secondary N) is 1. The van der Waals surface area contributed by atoms with Gasteiger partial charge in [0, 0.05) is 17.6 Å². The first-order chi connectivity index (χ1) is 18.1. The summed E-state index contributed by atoms with van der Waals surface area (Å²) in [7, 11) is 0. The molecule has 1 aromatic carbocycles. The Hall–Kier alpha value is -4.32. The Bertz CT molecular complexity index is 1390. The minimum Gasteiger partial charge on any atom is -0.479 e. The van der Waals surface area contributed by atoms with Crippen LogP contribution in [0.1, 0.15) is 32.1 Å². The number of fused-ring (bicyclic) bond motifs is 2. The first-order valence-corrected chi connectivity index (χ1v) is 12.2. The van der Waals surface area contributed by atoms with Crippen molar-refractivity contribution in [3.05, 3.63) is 48.7 Å². The molecule has 2 aromatic rings. The van der Waals surface area contributed by atoms with Crippen LogP contribution in [0.15, 0.2) is 48.7 Å². The molecule has 3 aliphatic rings. The van der Waals surface area contributed by atoms with E-state index in [-0.39, 0.29) is 31.5 Å². The monoisotopic (exact) mass is 522 g/mol. The quantitative estimate of drug-likeness (QED) is 0.249. The number of primary amides is 1. The molecule has 3 aliphatic heterocycles.